The van der Waals surface area contributed by atoms with Gasteiger partial charge in [0.15, 0.2) is 11.5 Å². The van der Waals surface area contributed by atoms with Gasteiger partial charge in [-0.15, -0.1) is 0 Å². The molecule has 0 aromatic heterocycles. The van der Waals surface area contributed by atoms with E-state index in [-0.39, 0.29) is 5.75 Å². The van der Waals surface area contributed by atoms with Crippen molar-refractivity contribution in [2.45, 2.75) is 20.4 Å². The number of carbonyl (C=O) groups excluding carboxylic acids is 1. The third-order valence-corrected chi connectivity index (χ3v) is 4.97. The Morgan fingerprint density at radius 3 is 2.17 bits per heavy atom. The third kappa shape index (κ3) is 5.73. The average molecular weight is 412 g/mol. The van der Waals surface area contributed by atoms with E-state index in [9.17, 15) is 4.79 Å². The van der Waals surface area contributed by atoms with Gasteiger partial charge in [0.05, 0.1) is 20.4 Å². The zero-order valence-corrected chi connectivity index (χ0v) is 18.1. The molecule has 0 amide bonds. The van der Waals surface area contributed by atoms with Gasteiger partial charge in [-0.05, 0) is 24.6 Å². The monoisotopic (exact) mass is 411 g/mol. The highest BCUT2D eigenvalue weighted by Crippen LogP contribution is 2.38. The van der Waals surface area contributed by atoms with Gasteiger partial charge in [0, 0.05) is 45.2 Å². The first-order valence-corrected chi connectivity index (χ1v) is 9.99. The fraction of sp³-hybridized carbons (Fsp3) is 0.391. The van der Waals surface area contributed by atoms with Gasteiger partial charge in [-0.2, -0.15) is 5.10 Å². The topological polar surface area (TPSA) is 63.6 Å². The van der Waals surface area contributed by atoms with Crippen LogP contribution in [0.4, 0.5) is 0 Å². The Hall–Kier alpha value is -3.06. The molecule has 0 atom stereocenters. The molecule has 0 N–H and O–H groups in total. The van der Waals surface area contributed by atoms with E-state index in [4.69, 9.17) is 14.2 Å². The van der Waals surface area contributed by atoms with E-state index >= 15 is 0 Å². The van der Waals surface area contributed by atoms with Crippen LogP contribution in [0.1, 0.15) is 23.6 Å². The minimum Gasteiger partial charge on any atom is -0.493 e. The number of nitrogens with zero attached hydrogens (tertiary/aromatic N) is 3. The van der Waals surface area contributed by atoms with Crippen molar-refractivity contribution >= 4 is 12.2 Å². The SMILES string of the molecule is COc1cc(/C=N/N2CCN(Cc3ccc(C)cc3)CC2)cc(OC)c1OC(C)=O. The van der Waals surface area contributed by atoms with E-state index in [1.54, 1.807) is 18.3 Å². The second-order valence-electron chi connectivity index (χ2n) is 7.31. The lowest BCUT2D eigenvalue weighted by molar-refractivity contribution is -0.132. The number of esters is 1. The van der Waals surface area contributed by atoms with Crippen molar-refractivity contribution in [3.05, 3.63) is 53.1 Å². The van der Waals surface area contributed by atoms with Gasteiger partial charge in [0.25, 0.3) is 0 Å². The number of rotatable bonds is 7. The Kier molecular flexibility index (Phi) is 7.30. The molecule has 30 heavy (non-hydrogen) atoms. The number of benzene rings is 2. The lowest BCUT2D eigenvalue weighted by atomic mass is 10.1. The van der Waals surface area contributed by atoms with Crippen LogP contribution in [-0.2, 0) is 11.3 Å². The van der Waals surface area contributed by atoms with Crippen LogP contribution < -0.4 is 14.2 Å². The summed E-state index contributed by atoms with van der Waals surface area (Å²) in [6.07, 6.45) is 1.78. The molecule has 1 fully saturated rings. The second-order valence-corrected chi connectivity index (χ2v) is 7.31. The first kappa shape index (κ1) is 21.6. The lowest BCUT2D eigenvalue weighted by Gasteiger charge is -2.33. The smallest absolute Gasteiger partial charge is 0.308 e. The van der Waals surface area contributed by atoms with Gasteiger partial charge < -0.3 is 14.2 Å². The number of piperazine rings is 1. The highest BCUT2D eigenvalue weighted by Gasteiger charge is 2.17. The minimum atomic E-state index is -0.434. The molecular weight excluding hydrogens is 382 g/mol. The second kappa shape index (κ2) is 10.1. The molecule has 0 saturated carbocycles. The zero-order valence-electron chi connectivity index (χ0n) is 18.1. The fourth-order valence-electron chi connectivity index (χ4n) is 3.33. The van der Waals surface area contributed by atoms with Gasteiger partial charge in [0.1, 0.15) is 0 Å². The van der Waals surface area contributed by atoms with Crippen molar-refractivity contribution in [1.82, 2.24) is 9.91 Å². The maximum Gasteiger partial charge on any atom is 0.308 e. The first-order valence-electron chi connectivity index (χ1n) is 9.99. The van der Waals surface area contributed by atoms with Gasteiger partial charge in [-0.1, -0.05) is 29.8 Å². The van der Waals surface area contributed by atoms with Crippen molar-refractivity contribution < 1.29 is 19.0 Å². The van der Waals surface area contributed by atoms with E-state index in [0.717, 1.165) is 38.3 Å². The molecule has 7 heteroatoms. The normalized spacial score (nSPS) is 14.7. The minimum absolute atomic E-state index is 0.273. The maximum atomic E-state index is 11.4. The first-order chi connectivity index (χ1) is 14.5. The summed E-state index contributed by atoms with van der Waals surface area (Å²) in [6.45, 7) is 8.06. The lowest BCUT2D eigenvalue weighted by Crippen LogP contribution is -2.43. The molecule has 3 rings (SSSR count). The maximum absolute atomic E-state index is 11.4. The number of aryl methyl sites for hydroxylation is 1. The predicted octanol–water partition coefficient (Wildman–Crippen LogP) is 3.09. The van der Waals surface area contributed by atoms with Crippen molar-refractivity contribution in [2.24, 2.45) is 5.10 Å². The Morgan fingerprint density at radius 2 is 1.63 bits per heavy atom. The molecule has 1 saturated heterocycles. The zero-order chi connectivity index (χ0) is 21.5. The van der Waals surface area contributed by atoms with Crippen LogP contribution in [-0.4, -0.2) is 62.5 Å². The highest BCUT2D eigenvalue weighted by molar-refractivity contribution is 5.83. The molecule has 1 heterocycles. The molecule has 0 radical (unpaired) electrons. The quantitative estimate of drug-likeness (QED) is 0.396. The summed E-state index contributed by atoms with van der Waals surface area (Å²) in [7, 11) is 3.05. The average Bonchev–Trinajstić information content (AvgIpc) is 2.75. The molecular formula is C23H29N3O4. The summed E-state index contributed by atoms with van der Waals surface area (Å²) in [4.78, 5) is 13.8. The molecule has 0 unspecified atom stereocenters. The molecule has 160 valence electrons. The standard InChI is InChI=1S/C23H29N3O4/c1-17-5-7-19(8-6-17)16-25-9-11-26(12-10-25)24-15-20-13-21(28-3)23(30-18(2)27)22(14-20)29-4/h5-8,13-15H,9-12,16H2,1-4H3/b24-15+. The molecule has 0 bridgehead atoms. The number of ether oxygens (including phenoxy) is 3. The van der Waals surface area contributed by atoms with Crippen LogP contribution in [0.15, 0.2) is 41.5 Å². The molecule has 0 spiro atoms. The van der Waals surface area contributed by atoms with E-state index in [1.165, 1.54) is 32.3 Å². The van der Waals surface area contributed by atoms with E-state index in [2.05, 4.69) is 46.2 Å². The van der Waals surface area contributed by atoms with Crippen LogP contribution >= 0.6 is 0 Å². The predicted molar refractivity (Wildman–Crippen MR) is 116 cm³/mol. The van der Waals surface area contributed by atoms with Crippen molar-refractivity contribution in [1.29, 1.82) is 0 Å². The van der Waals surface area contributed by atoms with Gasteiger partial charge in [-0.3, -0.25) is 14.7 Å². The summed E-state index contributed by atoms with van der Waals surface area (Å²) in [5, 5.41) is 6.67. The Balaban J connectivity index is 1.61. The van der Waals surface area contributed by atoms with Gasteiger partial charge in [-0.25, -0.2) is 0 Å². The summed E-state index contributed by atoms with van der Waals surface area (Å²) in [5.74, 6) is 0.689. The third-order valence-electron chi connectivity index (χ3n) is 4.97. The van der Waals surface area contributed by atoms with Crippen molar-refractivity contribution in [2.75, 3.05) is 40.4 Å². The highest BCUT2D eigenvalue weighted by atomic mass is 16.6. The summed E-state index contributed by atoms with van der Waals surface area (Å²) < 4.78 is 15.9. The molecule has 1 aliphatic rings. The van der Waals surface area contributed by atoms with Crippen LogP contribution in [0.25, 0.3) is 0 Å². The summed E-state index contributed by atoms with van der Waals surface area (Å²) in [5.41, 5.74) is 3.43. The summed E-state index contributed by atoms with van der Waals surface area (Å²) >= 11 is 0. The van der Waals surface area contributed by atoms with Gasteiger partial charge >= 0.3 is 5.97 Å². The number of hydrogen-bond donors (Lipinski definition) is 0. The molecule has 2 aromatic carbocycles. The van der Waals surface area contributed by atoms with Crippen molar-refractivity contribution in [3.8, 4) is 17.2 Å². The number of methoxy groups -OCH3 is 2. The molecule has 0 aliphatic carbocycles. The van der Waals surface area contributed by atoms with E-state index in [1.807, 2.05) is 0 Å². The Morgan fingerprint density at radius 1 is 1.03 bits per heavy atom. The number of carbonyl (C=O) groups is 1. The molecule has 1 aliphatic heterocycles. The molecule has 2 aromatic rings. The largest absolute Gasteiger partial charge is 0.493 e. The van der Waals surface area contributed by atoms with Crippen LogP contribution in [0.5, 0.6) is 17.2 Å². The van der Waals surface area contributed by atoms with E-state index in [0.29, 0.717) is 11.5 Å². The van der Waals surface area contributed by atoms with Gasteiger partial charge in [0.2, 0.25) is 5.75 Å². The molecule has 7 nitrogen and oxygen atoms in total. The van der Waals surface area contributed by atoms with Crippen molar-refractivity contribution in [3.63, 3.8) is 0 Å². The van der Waals surface area contributed by atoms with Crippen LogP contribution in [0, 0.1) is 6.92 Å². The van der Waals surface area contributed by atoms with Crippen LogP contribution in [0.2, 0.25) is 0 Å². The number of hydrogen-bond acceptors (Lipinski definition) is 7. The Labute approximate surface area is 177 Å². The van der Waals surface area contributed by atoms with Crippen LogP contribution in [0.3, 0.4) is 0 Å². The summed E-state index contributed by atoms with van der Waals surface area (Å²) in [6, 6.07) is 12.3. The Bertz CT molecular complexity index is 863. The fourth-order valence-corrected chi connectivity index (χ4v) is 3.33. The van der Waals surface area contributed by atoms with E-state index < -0.39 is 5.97 Å². The number of hydrazone groups is 1.